The van der Waals surface area contributed by atoms with Crippen molar-refractivity contribution in [2.75, 3.05) is 25.4 Å². The molecule has 0 unspecified atom stereocenters. The number of ether oxygens (including phenoxy) is 2. The van der Waals surface area contributed by atoms with Crippen molar-refractivity contribution < 1.29 is 9.47 Å². The molecule has 0 aromatic carbocycles. The molecule has 0 saturated carbocycles. The van der Waals surface area contributed by atoms with Crippen LogP contribution in [-0.2, 0) is 22.5 Å². The highest BCUT2D eigenvalue weighted by molar-refractivity contribution is 5.86. The average molecular weight is 277 g/mol. The number of aromatic nitrogens is 3. The maximum Gasteiger partial charge on any atom is 0.224 e. The van der Waals surface area contributed by atoms with E-state index >= 15 is 0 Å². The first-order valence-corrected chi connectivity index (χ1v) is 6.43. The third-order valence-corrected chi connectivity index (χ3v) is 2.85. The van der Waals surface area contributed by atoms with E-state index in [1.807, 2.05) is 6.07 Å². The number of fused-ring (bicyclic) bond motifs is 1. The molecule has 2 aromatic rings. The number of anilines is 2. The van der Waals surface area contributed by atoms with Gasteiger partial charge in [-0.25, -0.2) is 4.98 Å². The van der Waals surface area contributed by atoms with Crippen molar-refractivity contribution >= 4 is 22.8 Å². The first-order chi connectivity index (χ1) is 9.65. The number of rotatable bonds is 6. The number of hydrogen-bond acceptors (Lipinski definition) is 7. The smallest absolute Gasteiger partial charge is 0.224 e. The van der Waals surface area contributed by atoms with Gasteiger partial charge in [-0.05, 0) is 12.5 Å². The maximum absolute atomic E-state index is 5.87. The summed E-state index contributed by atoms with van der Waals surface area (Å²) in [6.07, 6.45) is 1.82. The molecule has 0 aliphatic rings. The second-order valence-electron chi connectivity index (χ2n) is 4.44. The van der Waals surface area contributed by atoms with Crippen molar-refractivity contribution in [1.29, 1.82) is 0 Å². The highest BCUT2D eigenvalue weighted by Crippen LogP contribution is 2.22. The molecule has 2 rings (SSSR count). The summed E-state index contributed by atoms with van der Waals surface area (Å²) in [5, 5.41) is 0.690. The van der Waals surface area contributed by atoms with Crippen LogP contribution in [0.2, 0.25) is 0 Å². The molecular weight excluding hydrogens is 258 g/mol. The standard InChI is InChI=1S/C13H19N5O2/c1-3-4-10-8(6-20-7-19-2)5-9-11(14)17-13(15)18-12(9)16-10/h5H,3-4,6-7H2,1-2H3,(H4,14,15,16,17,18). The molecule has 7 heteroatoms. The predicted molar refractivity (Wildman–Crippen MR) is 76.8 cm³/mol. The molecule has 7 nitrogen and oxygen atoms in total. The van der Waals surface area contributed by atoms with Gasteiger partial charge in [0.25, 0.3) is 0 Å². The third kappa shape index (κ3) is 3.12. The number of nitrogens with two attached hydrogens (primary N) is 2. The van der Waals surface area contributed by atoms with E-state index < -0.39 is 0 Å². The lowest BCUT2D eigenvalue weighted by Crippen LogP contribution is -2.07. The quantitative estimate of drug-likeness (QED) is 0.604. The van der Waals surface area contributed by atoms with Crippen molar-refractivity contribution in [1.82, 2.24) is 15.0 Å². The van der Waals surface area contributed by atoms with Crippen LogP contribution in [0.15, 0.2) is 6.07 Å². The Bertz CT molecular complexity index is 603. The lowest BCUT2D eigenvalue weighted by Gasteiger charge is -2.11. The average Bonchev–Trinajstić information content (AvgIpc) is 2.40. The Kier molecular flexibility index (Phi) is 4.65. The molecule has 0 aliphatic heterocycles. The van der Waals surface area contributed by atoms with Gasteiger partial charge in [-0.3, -0.25) is 0 Å². The van der Waals surface area contributed by atoms with Crippen molar-refractivity contribution in [2.24, 2.45) is 0 Å². The summed E-state index contributed by atoms with van der Waals surface area (Å²) in [5.41, 5.74) is 13.9. The van der Waals surface area contributed by atoms with Gasteiger partial charge in [0.2, 0.25) is 5.95 Å². The van der Waals surface area contributed by atoms with Crippen LogP contribution in [0, 0.1) is 0 Å². The van der Waals surface area contributed by atoms with E-state index in [1.54, 1.807) is 7.11 Å². The lowest BCUT2D eigenvalue weighted by molar-refractivity contribution is -0.0393. The zero-order chi connectivity index (χ0) is 14.5. The Morgan fingerprint density at radius 2 is 2.00 bits per heavy atom. The number of nitrogens with zero attached hydrogens (tertiary/aromatic N) is 3. The van der Waals surface area contributed by atoms with Crippen LogP contribution >= 0.6 is 0 Å². The zero-order valence-corrected chi connectivity index (χ0v) is 11.7. The summed E-state index contributed by atoms with van der Waals surface area (Å²) in [5.74, 6) is 0.462. The molecular formula is C13H19N5O2. The van der Waals surface area contributed by atoms with Crippen LogP contribution in [0.25, 0.3) is 11.0 Å². The van der Waals surface area contributed by atoms with E-state index in [2.05, 4.69) is 21.9 Å². The minimum atomic E-state index is 0.133. The second-order valence-corrected chi connectivity index (χ2v) is 4.44. The van der Waals surface area contributed by atoms with Crippen LogP contribution in [0.5, 0.6) is 0 Å². The number of methoxy groups -OCH3 is 1. The molecule has 2 heterocycles. The van der Waals surface area contributed by atoms with Gasteiger partial charge in [0.1, 0.15) is 12.6 Å². The van der Waals surface area contributed by atoms with E-state index in [-0.39, 0.29) is 12.7 Å². The van der Waals surface area contributed by atoms with Crippen molar-refractivity contribution in [3.63, 3.8) is 0 Å². The second kappa shape index (κ2) is 6.44. The highest BCUT2D eigenvalue weighted by Gasteiger charge is 2.11. The number of aryl methyl sites for hydroxylation is 1. The van der Waals surface area contributed by atoms with E-state index in [0.29, 0.717) is 23.5 Å². The molecule has 0 aliphatic carbocycles. The van der Waals surface area contributed by atoms with Crippen LogP contribution in [0.1, 0.15) is 24.6 Å². The monoisotopic (exact) mass is 277 g/mol. The minimum absolute atomic E-state index is 0.133. The van der Waals surface area contributed by atoms with E-state index in [9.17, 15) is 0 Å². The van der Waals surface area contributed by atoms with Crippen LogP contribution < -0.4 is 11.5 Å². The fourth-order valence-electron chi connectivity index (χ4n) is 1.99. The summed E-state index contributed by atoms with van der Waals surface area (Å²) in [6.45, 7) is 2.74. The highest BCUT2D eigenvalue weighted by atomic mass is 16.7. The molecule has 2 aromatic heterocycles. The third-order valence-electron chi connectivity index (χ3n) is 2.85. The molecule has 0 amide bonds. The molecule has 0 spiro atoms. The van der Waals surface area contributed by atoms with Gasteiger partial charge in [0.15, 0.2) is 5.65 Å². The molecule has 0 saturated heterocycles. The van der Waals surface area contributed by atoms with Crippen LogP contribution in [-0.4, -0.2) is 28.9 Å². The van der Waals surface area contributed by atoms with Gasteiger partial charge >= 0.3 is 0 Å². The largest absolute Gasteiger partial charge is 0.383 e. The normalized spacial score (nSPS) is 11.1. The Hall–Kier alpha value is -1.99. The number of hydrogen-bond donors (Lipinski definition) is 2. The summed E-state index contributed by atoms with van der Waals surface area (Å²) in [7, 11) is 1.58. The summed E-state index contributed by atoms with van der Waals surface area (Å²) in [4.78, 5) is 12.6. The van der Waals surface area contributed by atoms with E-state index in [0.717, 1.165) is 24.1 Å². The topological polar surface area (TPSA) is 109 Å². The lowest BCUT2D eigenvalue weighted by atomic mass is 10.1. The van der Waals surface area contributed by atoms with Gasteiger partial charge in [-0.1, -0.05) is 13.3 Å². The van der Waals surface area contributed by atoms with Gasteiger partial charge in [-0.15, -0.1) is 0 Å². The van der Waals surface area contributed by atoms with Crippen LogP contribution in [0.4, 0.5) is 11.8 Å². The first kappa shape index (κ1) is 14.4. The predicted octanol–water partition coefficient (Wildman–Crippen LogP) is 1.26. The van der Waals surface area contributed by atoms with Gasteiger partial charge in [0.05, 0.1) is 12.0 Å². The molecule has 20 heavy (non-hydrogen) atoms. The summed E-state index contributed by atoms with van der Waals surface area (Å²) in [6, 6.07) is 1.91. The number of pyridine rings is 1. The van der Waals surface area contributed by atoms with Crippen molar-refractivity contribution in [3.8, 4) is 0 Å². The molecule has 108 valence electrons. The summed E-state index contributed by atoms with van der Waals surface area (Å²) < 4.78 is 10.3. The van der Waals surface area contributed by atoms with Crippen molar-refractivity contribution in [2.45, 2.75) is 26.4 Å². The molecule has 4 N–H and O–H groups in total. The van der Waals surface area contributed by atoms with Crippen molar-refractivity contribution in [3.05, 3.63) is 17.3 Å². The Balaban J connectivity index is 2.45. The van der Waals surface area contributed by atoms with E-state index in [4.69, 9.17) is 20.9 Å². The molecule has 0 radical (unpaired) electrons. The molecule has 0 atom stereocenters. The Morgan fingerprint density at radius 1 is 1.20 bits per heavy atom. The van der Waals surface area contributed by atoms with E-state index in [1.165, 1.54) is 0 Å². The Morgan fingerprint density at radius 3 is 2.70 bits per heavy atom. The molecule has 0 bridgehead atoms. The van der Waals surface area contributed by atoms with Gasteiger partial charge in [0, 0.05) is 18.4 Å². The first-order valence-electron chi connectivity index (χ1n) is 6.43. The van der Waals surface area contributed by atoms with Crippen LogP contribution in [0.3, 0.4) is 0 Å². The number of nitrogen functional groups attached to an aromatic ring is 2. The minimum Gasteiger partial charge on any atom is -0.383 e. The van der Waals surface area contributed by atoms with Gasteiger partial charge in [-0.2, -0.15) is 9.97 Å². The van der Waals surface area contributed by atoms with Gasteiger partial charge < -0.3 is 20.9 Å². The fourth-order valence-corrected chi connectivity index (χ4v) is 1.99. The molecule has 0 fully saturated rings. The Labute approximate surface area is 117 Å². The SMILES string of the molecule is CCCc1nc2nc(N)nc(N)c2cc1COCOC. The zero-order valence-electron chi connectivity index (χ0n) is 11.7. The maximum atomic E-state index is 5.87. The fraction of sp³-hybridized carbons (Fsp3) is 0.462. The summed E-state index contributed by atoms with van der Waals surface area (Å²) >= 11 is 0.